The summed E-state index contributed by atoms with van der Waals surface area (Å²) in [5.41, 5.74) is 1.98. The standard InChI is InChI=1S/C11H12N2O.C2H2O4/c1-12-8-10-7-11(14-13-10)9-5-3-2-4-6-9;3-1(4)2(5)6/h2-7,12H,8H2,1H3;(H,3,4)(H,5,6). The number of aromatic nitrogens is 1. The van der Waals surface area contributed by atoms with Crippen molar-refractivity contribution in [3.63, 3.8) is 0 Å². The molecule has 7 nitrogen and oxygen atoms in total. The van der Waals surface area contributed by atoms with Crippen molar-refractivity contribution < 1.29 is 24.3 Å². The molecule has 20 heavy (non-hydrogen) atoms. The topological polar surface area (TPSA) is 113 Å². The van der Waals surface area contributed by atoms with E-state index in [2.05, 4.69) is 10.5 Å². The van der Waals surface area contributed by atoms with Crippen molar-refractivity contribution in [1.82, 2.24) is 10.5 Å². The molecule has 0 radical (unpaired) electrons. The van der Waals surface area contributed by atoms with Crippen molar-refractivity contribution in [2.45, 2.75) is 6.54 Å². The zero-order valence-corrected chi connectivity index (χ0v) is 10.7. The molecule has 0 aliphatic carbocycles. The molecule has 1 heterocycles. The molecule has 2 aromatic rings. The zero-order valence-electron chi connectivity index (χ0n) is 10.7. The Hall–Kier alpha value is -2.67. The molecule has 2 rings (SSSR count). The molecule has 0 unspecified atom stereocenters. The number of benzene rings is 1. The highest BCUT2D eigenvalue weighted by atomic mass is 16.5. The Morgan fingerprint density at radius 2 is 1.80 bits per heavy atom. The molecular formula is C13H14N2O5. The van der Waals surface area contributed by atoms with Crippen molar-refractivity contribution in [3.8, 4) is 11.3 Å². The minimum absolute atomic E-state index is 0.732. The summed E-state index contributed by atoms with van der Waals surface area (Å²) in [5.74, 6) is -2.83. The third kappa shape index (κ3) is 4.91. The van der Waals surface area contributed by atoms with Gasteiger partial charge in [-0.25, -0.2) is 9.59 Å². The van der Waals surface area contributed by atoms with Crippen LogP contribution in [-0.2, 0) is 16.1 Å². The SMILES string of the molecule is CNCc1cc(-c2ccccc2)on1.O=C(O)C(=O)O. The van der Waals surface area contributed by atoms with E-state index in [1.54, 1.807) is 0 Å². The fraction of sp³-hybridized carbons (Fsp3) is 0.154. The van der Waals surface area contributed by atoms with Crippen LogP contribution in [0, 0.1) is 0 Å². The normalized spacial score (nSPS) is 9.45. The average molecular weight is 278 g/mol. The van der Waals surface area contributed by atoms with E-state index in [0.29, 0.717) is 0 Å². The number of hydrogen-bond donors (Lipinski definition) is 3. The van der Waals surface area contributed by atoms with Gasteiger partial charge in [0.1, 0.15) is 0 Å². The molecule has 106 valence electrons. The van der Waals surface area contributed by atoms with Gasteiger partial charge in [0, 0.05) is 18.2 Å². The van der Waals surface area contributed by atoms with Crippen LogP contribution in [0.2, 0.25) is 0 Å². The van der Waals surface area contributed by atoms with Gasteiger partial charge in [-0.05, 0) is 7.05 Å². The zero-order chi connectivity index (χ0) is 15.0. The second kappa shape index (κ2) is 7.70. The van der Waals surface area contributed by atoms with Crippen molar-refractivity contribution in [1.29, 1.82) is 0 Å². The molecular weight excluding hydrogens is 264 g/mol. The van der Waals surface area contributed by atoms with Crippen LogP contribution in [0.4, 0.5) is 0 Å². The Morgan fingerprint density at radius 1 is 1.20 bits per heavy atom. The van der Waals surface area contributed by atoms with E-state index in [0.717, 1.165) is 23.6 Å². The summed E-state index contributed by atoms with van der Waals surface area (Å²) in [6, 6.07) is 11.9. The molecule has 0 spiro atoms. The summed E-state index contributed by atoms with van der Waals surface area (Å²) >= 11 is 0. The van der Waals surface area contributed by atoms with Crippen LogP contribution in [0.3, 0.4) is 0 Å². The molecule has 0 saturated carbocycles. The Kier molecular flexibility index (Phi) is 5.92. The Labute approximate surface area is 114 Å². The number of carbonyl (C=O) groups is 2. The first-order valence-corrected chi connectivity index (χ1v) is 5.66. The predicted octanol–water partition coefficient (Wildman–Crippen LogP) is 1.22. The fourth-order valence-electron chi connectivity index (χ4n) is 1.31. The molecule has 0 atom stereocenters. The lowest BCUT2D eigenvalue weighted by Gasteiger charge is -1.91. The van der Waals surface area contributed by atoms with Crippen LogP contribution < -0.4 is 5.32 Å². The Balaban J connectivity index is 0.000000286. The Bertz CT molecular complexity index is 553. The van der Waals surface area contributed by atoms with Gasteiger partial charge in [0.25, 0.3) is 0 Å². The van der Waals surface area contributed by atoms with E-state index >= 15 is 0 Å². The number of hydrogen-bond acceptors (Lipinski definition) is 5. The molecule has 0 bridgehead atoms. The molecule has 1 aromatic carbocycles. The lowest BCUT2D eigenvalue weighted by molar-refractivity contribution is -0.159. The highest BCUT2D eigenvalue weighted by molar-refractivity contribution is 6.27. The molecule has 0 aliphatic rings. The summed E-state index contributed by atoms with van der Waals surface area (Å²) in [5, 5.41) is 21.8. The smallest absolute Gasteiger partial charge is 0.414 e. The molecule has 0 saturated heterocycles. The van der Waals surface area contributed by atoms with Gasteiger partial charge >= 0.3 is 11.9 Å². The average Bonchev–Trinajstić information content (AvgIpc) is 2.89. The van der Waals surface area contributed by atoms with E-state index < -0.39 is 11.9 Å². The van der Waals surface area contributed by atoms with E-state index in [9.17, 15) is 0 Å². The van der Waals surface area contributed by atoms with Crippen LogP contribution in [0.25, 0.3) is 11.3 Å². The fourth-order valence-corrected chi connectivity index (χ4v) is 1.31. The Morgan fingerprint density at radius 3 is 2.30 bits per heavy atom. The van der Waals surface area contributed by atoms with Crippen LogP contribution in [0.5, 0.6) is 0 Å². The molecule has 0 amide bonds. The van der Waals surface area contributed by atoms with Crippen molar-refractivity contribution in [2.24, 2.45) is 0 Å². The monoisotopic (exact) mass is 278 g/mol. The quantitative estimate of drug-likeness (QED) is 0.723. The van der Waals surface area contributed by atoms with E-state index in [-0.39, 0.29) is 0 Å². The van der Waals surface area contributed by atoms with Gasteiger partial charge in [0.2, 0.25) is 0 Å². The second-order valence-corrected chi connectivity index (χ2v) is 3.69. The maximum atomic E-state index is 9.10. The molecule has 7 heteroatoms. The van der Waals surface area contributed by atoms with Gasteiger partial charge < -0.3 is 20.1 Å². The largest absolute Gasteiger partial charge is 0.473 e. The van der Waals surface area contributed by atoms with Crippen molar-refractivity contribution >= 4 is 11.9 Å². The van der Waals surface area contributed by atoms with Crippen molar-refractivity contribution in [3.05, 3.63) is 42.1 Å². The highest BCUT2D eigenvalue weighted by Crippen LogP contribution is 2.19. The number of carboxylic acid groups (broad SMARTS) is 2. The maximum Gasteiger partial charge on any atom is 0.414 e. The summed E-state index contributed by atoms with van der Waals surface area (Å²) in [4.78, 5) is 18.2. The summed E-state index contributed by atoms with van der Waals surface area (Å²) in [6.07, 6.45) is 0. The minimum Gasteiger partial charge on any atom is -0.473 e. The minimum atomic E-state index is -1.82. The lowest BCUT2D eigenvalue weighted by atomic mass is 10.2. The van der Waals surface area contributed by atoms with Crippen LogP contribution in [0.1, 0.15) is 5.69 Å². The summed E-state index contributed by atoms with van der Waals surface area (Å²) in [7, 11) is 1.89. The van der Waals surface area contributed by atoms with Gasteiger partial charge in [-0.3, -0.25) is 0 Å². The summed E-state index contributed by atoms with van der Waals surface area (Å²) < 4.78 is 5.21. The number of rotatable bonds is 3. The number of carboxylic acids is 2. The highest BCUT2D eigenvalue weighted by Gasteiger charge is 2.04. The third-order valence-corrected chi connectivity index (χ3v) is 2.16. The number of nitrogens with one attached hydrogen (secondary N) is 1. The second-order valence-electron chi connectivity index (χ2n) is 3.69. The van der Waals surface area contributed by atoms with Crippen molar-refractivity contribution in [2.75, 3.05) is 7.05 Å². The third-order valence-electron chi connectivity index (χ3n) is 2.16. The van der Waals surface area contributed by atoms with Gasteiger partial charge in [-0.15, -0.1) is 0 Å². The van der Waals surface area contributed by atoms with Crippen LogP contribution in [-0.4, -0.2) is 34.4 Å². The van der Waals surface area contributed by atoms with Gasteiger partial charge in [0.15, 0.2) is 5.76 Å². The van der Waals surface area contributed by atoms with Gasteiger partial charge in [-0.2, -0.15) is 0 Å². The lowest BCUT2D eigenvalue weighted by Crippen LogP contribution is -2.09. The van der Waals surface area contributed by atoms with E-state index in [4.69, 9.17) is 24.3 Å². The van der Waals surface area contributed by atoms with Crippen LogP contribution >= 0.6 is 0 Å². The van der Waals surface area contributed by atoms with E-state index in [1.165, 1.54) is 0 Å². The first-order valence-electron chi connectivity index (χ1n) is 5.66. The van der Waals surface area contributed by atoms with Gasteiger partial charge in [-0.1, -0.05) is 35.5 Å². The van der Waals surface area contributed by atoms with Gasteiger partial charge in [0.05, 0.1) is 5.69 Å². The van der Waals surface area contributed by atoms with Crippen LogP contribution in [0.15, 0.2) is 40.9 Å². The summed E-state index contributed by atoms with van der Waals surface area (Å²) in [6.45, 7) is 0.732. The first-order chi connectivity index (χ1) is 9.54. The number of nitrogens with zero attached hydrogens (tertiary/aromatic N) is 1. The molecule has 1 aromatic heterocycles. The maximum absolute atomic E-state index is 9.10. The molecule has 3 N–H and O–H groups in total. The van der Waals surface area contributed by atoms with E-state index in [1.807, 2.05) is 43.4 Å². The molecule has 0 fully saturated rings. The first kappa shape index (κ1) is 15.4. The predicted molar refractivity (Wildman–Crippen MR) is 70.0 cm³/mol. The molecule has 0 aliphatic heterocycles. The number of aliphatic carboxylic acids is 2.